The number of hydrogen-bond acceptors (Lipinski definition) is 2. The first-order valence-electron chi connectivity index (χ1n) is 4.70. The van der Waals surface area contributed by atoms with Crippen molar-refractivity contribution in [2.24, 2.45) is 5.41 Å². The molecule has 0 amide bonds. The van der Waals surface area contributed by atoms with Crippen molar-refractivity contribution in [2.75, 3.05) is 6.61 Å². The highest BCUT2D eigenvalue weighted by atomic mass is 16.5. The van der Waals surface area contributed by atoms with Crippen LogP contribution < -0.4 is 5.32 Å². The molecule has 1 fully saturated rings. The third-order valence-electron chi connectivity index (χ3n) is 2.06. The molecule has 0 radical (unpaired) electrons. The molecule has 0 aromatic heterocycles. The quantitative estimate of drug-likeness (QED) is 0.652. The van der Waals surface area contributed by atoms with Crippen LogP contribution in [0.5, 0.6) is 0 Å². The summed E-state index contributed by atoms with van der Waals surface area (Å²) in [6.45, 7) is 11.8. The molecule has 2 heteroatoms. The van der Waals surface area contributed by atoms with Crippen molar-refractivity contribution in [1.29, 1.82) is 0 Å². The molecule has 1 aliphatic rings. The maximum Gasteiger partial charge on any atom is 0.113 e. The van der Waals surface area contributed by atoms with E-state index in [1.54, 1.807) is 0 Å². The molecule has 0 aliphatic carbocycles. The fourth-order valence-corrected chi connectivity index (χ4v) is 1.73. The van der Waals surface area contributed by atoms with Gasteiger partial charge >= 0.3 is 0 Å². The summed E-state index contributed by atoms with van der Waals surface area (Å²) < 4.78 is 5.59. The van der Waals surface area contributed by atoms with Gasteiger partial charge in [-0.25, -0.2) is 0 Å². The van der Waals surface area contributed by atoms with Gasteiger partial charge < -0.3 is 4.74 Å². The smallest absolute Gasteiger partial charge is 0.113 e. The minimum Gasteiger partial charge on any atom is -0.360 e. The molecule has 1 N–H and O–H groups in total. The lowest BCUT2D eigenvalue weighted by atomic mass is 9.88. The van der Waals surface area contributed by atoms with Crippen molar-refractivity contribution in [3.05, 3.63) is 0 Å². The maximum atomic E-state index is 5.59. The second-order valence-corrected chi connectivity index (χ2v) is 5.43. The molecular formula is C10H21NO. The molecule has 1 rings (SSSR count). The highest BCUT2D eigenvalue weighted by Crippen LogP contribution is 2.25. The van der Waals surface area contributed by atoms with Crippen LogP contribution in [-0.4, -0.2) is 18.4 Å². The van der Waals surface area contributed by atoms with Gasteiger partial charge in [-0.1, -0.05) is 20.8 Å². The van der Waals surface area contributed by atoms with Gasteiger partial charge in [-0.3, -0.25) is 5.32 Å². The van der Waals surface area contributed by atoms with Gasteiger partial charge in [0.25, 0.3) is 0 Å². The Hall–Kier alpha value is -0.0800. The number of hydrogen-bond donors (Lipinski definition) is 1. The van der Waals surface area contributed by atoms with Crippen molar-refractivity contribution in [3.8, 4) is 0 Å². The minimum atomic E-state index is -0.115. The lowest BCUT2D eigenvalue weighted by Crippen LogP contribution is -2.39. The average molecular weight is 171 g/mol. The first-order chi connectivity index (χ1) is 5.29. The molecule has 0 saturated carbocycles. The summed E-state index contributed by atoms with van der Waals surface area (Å²) >= 11 is 0. The SMILES string of the molecule is CC(C)(C)C[C@H]1COC(C)(C)N1. The molecular weight excluding hydrogens is 150 g/mol. The second kappa shape index (κ2) is 3.00. The monoisotopic (exact) mass is 171 g/mol. The van der Waals surface area contributed by atoms with Gasteiger partial charge in [-0.15, -0.1) is 0 Å². The van der Waals surface area contributed by atoms with Gasteiger partial charge in [-0.05, 0) is 25.7 Å². The lowest BCUT2D eigenvalue weighted by Gasteiger charge is -2.24. The van der Waals surface area contributed by atoms with Crippen LogP contribution in [0, 0.1) is 5.41 Å². The Balaban J connectivity index is 2.39. The lowest BCUT2D eigenvalue weighted by molar-refractivity contribution is 0.0230. The largest absolute Gasteiger partial charge is 0.360 e. The van der Waals surface area contributed by atoms with Gasteiger partial charge in [0.15, 0.2) is 0 Å². The van der Waals surface area contributed by atoms with Gasteiger partial charge in [0.2, 0.25) is 0 Å². The highest BCUT2D eigenvalue weighted by Gasteiger charge is 2.32. The summed E-state index contributed by atoms with van der Waals surface area (Å²) in [5.74, 6) is 0. The van der Waals surface area contributed by atoms with Crippen LogP contribution in [0.4, 0.5) is 0 Å². The molecule has 0 bridgehead atoms. The Morgan fingerprint density at radius 1 is 1.42 bits per heavy atom. The normalized spacial score (nSPS) is 29.2. The summed E-state index contributed by atoms with van der Waals surface area (Å²) in [7, 11) is 0. The molecule has 12 heavy (non-hydrogen) atoms. The average Bonchev–Trinajstić information content (AvgIpc) is 2.05. The van der Waals surface area contributed by atoms with Crippen LogP contribution in [0.15, 0.2) is 0 Å². The maximum absolute atomic E-state index is 5.59. The molecule has 0 unspecified atom stereocenters. The van der Waals surface area contributed by atoms with E-state index in [9.17, 15) is 0 Å². The molecule has 1 atom stereocenters. The first-order valence-corrected chi connectivity index (χ1v) is 4.70. The van der Waals surface area contributed by atoms with Crippen molar-refractivity contribution in [3.63, 3.8) is 0 Å². The van der Waals surface area contributed by atoms with E-state index >= 15 is 0 Å². The molecule has 0 aromatic rings. The Labute approximate surface area is 75.7 Å². The number of nitrogens with one attached hydrogen (secondary N) is 1. The van der Waals surface area contributed by atoms with Gasteiger partial charge in [0.05, 0.1) is 6.61 Å². The Morgan fingerprint density at radius 2 is 2.00 bits per heavy atom. The van der Waals surface area contributed by atoms with Gasteiger partial charge in [0, 0.05) is 6.04 Å². The van der Waals surface area contributed by atoms with E-state index in [1.807, 2.05) is 0 Å². The van der Waals surface area contributed by atoms with Crippen LogP contribution in [0.1, 0.15) is 41.0 Å². The second-order valence-electron chi connectivity index (χ2n) is 5.43. The number of ether oxygens (including phenoxy) is 1. The van der Waals surface area contributed by atoms with Crippen LogP contribution in [0.2, 0.25) is 0 Å². The zero-order chi connectivity index (χ0) is 9.41. The van der Waals surface area contributed by atoms with Gasteiger partial charge in [0.1, 0.15) is 5.72 Å². The predicted molar refractivity (Wildman–Crippen MR) is 51.0 cm³/mol. The molecule has 2 nitrogen and oxygen atoms in total. The predicted octanol–water partition coefficient (Wildman–Crippen LogP) is 2.15. The molecule has 1 heterocycles. The summed E-state index contributed by atoms with van der Waals surface area (Å²) in [6.07, 6.45) is 1.18. The Kier molecular flexibility index (Phi) is 2.50. The van der Waals surface area contributed by atoms with E-state index in [0.29, 0.717) is 11.5 Å². The topological polar surface area (TPSA) is 21.3 Å². The first kappa shape index (κ1) is 10.0. The zero-order valence-corrected chi connectivity index (χ0v) is 8.90. The van der Waals surface area contributed by atoms with Crippen molar-refractivity contribution in [1.82, 2.24) is 5.32 Å². The van der Waals surface area contributed by atoms with E-state index in [1.165, 1.54) is 6.42 Å². The third kappa shape index (κ3) is 3.11. The molecule has 0 spiro atoms. The van der Waals surface area contributed by atoms with Crippen molar-refractivity contribution < 1.29 is 4.74 Å². The Morgan fingerprint density at radius 3 is 2.33 bits per heavy atom. The van der Waals surface area contributed by atoms with Crippen molar-refractivity contribution in [2.45, 2.75) is 52.8 Å². The van der Waals surface area contributed by atoms with Crippen LogP contribution in [-0.2, 0) is 4.74 Å². The molecule has 1 saturated heterocycles. The molecule has 0 aromatic carbocycles. The number of rotatable bonds is 1. The fraction of sp³-hybridized carbons (Fsp3) is 1.00. The Bertz CT molecular complexity index is 158. The fourth-order valence-electron chi connectivity index (χ4n) is 1.73. The van der Waals surface area contributed by atoms with Crippen LogP contribution in [0.25, 0.3) is 0 Å². The van der Waals surface area contributed by atoms with Crippen LogP contribution >= 0.6 is 0 Å². The summed E-state index contributed by atoms with van der Waals surface area (Å²) in [6, 6.07) is 0.528. The molecule has 72 valence electrons. The standard InChI is InChI=1S/C10H21NO/c1-9(2,3)6-8-7-12-10(4,5)11-8/h8,11H,6-7H2,1-5H3/t8-/m0/s1. The van der Waals surface area contributed by atoms with E-state index in [2.05, 4.69) is 39.9 Å². The van der Waals surface area contributed by atoms with Crippen molar-refractivity contribution >= 4 is 0 Å². The minimum absolute atomic E-state index is 0.115. The highest BCUT2D eigenvalue weighted by molar-refractivity contribution is 4.84. The zero-order valence-electron chi connectivity index (χ0n) is 8.90. The van der Waals surface area contributed by atoms with E-state index in [-0.39, 0.29) is 5.72 Å². The summed E-state index contributed by atoms with van der Waals surface area (Å²) in [5.41, 5.74) is 0.275. The molecule has 1 aliphatic heterocycles. The summed E-state index contributed by atoms with van der Waals surface area (Å²) in [4.78, 5) is 0. The van der Waals surface area contributed by atoms with E-state index < -0.39 is 0 Å². The summed E-state index contributed by atoms with van der Waals surface area (Å²) in [5, 5.41) is 3.46. The van der Waals surface area contributed by atoms with E-state index in [0.717, 1.165) is 6.61 Å². The third-order valence-corrected chi connectivity index (χ3v) is 2.06. The van der Waals surface area contributed by atoms with Gasteiger partial charge in [-0.2, -0.15) is 0 Å². The van der Waals surface area contributed by atoms with Crippen LogP contribution in [0.3, 0.4) is 0 Å². The van der Waals surface area contributed by atoms with E-state index in [4.69, 9.17) is 4.74 Å².